The third kappa shape index (κ3) is 3.23. The van der Waals surface area contributed by atoms with Crippen LogP contribution in [0.5, 0.6) is 0 Å². The van der Waals surface area contributed by atoms with Gasteiger partial charge in [0, 0.05) is 37.9 Å². The van der Waals surface area contributed by atoms with Crippen LogP contribution in [-0.2, 0) is 17.8 Å². The maximum atomic E-state index is 12.4. The largest absolute Gasteiger partial charge is 0.341 e. The molecule has 0 N–H and O–H groups in total. The summed E-state index contributed by atoms with van der Waals surface area (Å²) in [7, 11) is 0. The summed E-state index contributed by atoms with van der Waals surface area (Å²) >= 11 is 0. The number of aromatic nitrogens is 2. The van der Waals surface area contributed by atoms with Gasteiger partial charge in [0.1, 0.15) is 5.82 Å². The summed E-state index contributed by atoms with van der Waals surface area (Å²) < 4.78 is 2.38. The number of hydrogen-bond acceptors (Lipinski definition) is 2. The fourth-order valence-electron chi connectivity index (χ4n) is 3.50. The van der Waals surface area contributed by atoms with Gasteiger partial charge in [0.15, 0.2) is 0 Å². The van der Waals surface area contributed by atoms with Crippen molar-refractivity contribution in [3.8, 4) is 0 Å². The minimum absolute atomic E-state index is 0.270. The van der Waals surface area contributed by atoms with Crippen molar-refractivity contribution in [3.05, 3.63) is 53.6 Å². The highest BCUT2D eigenvalue weighted by molar-refractivity contribution is 5.77. The lowest BCUT2D eigenvalue weighted by Gasteiger charge is -2.39. The molecule has 1 saturated heterocycles. The van der Waals surface area contributed by atoms with E-state index in [4.69, 9.17) is 0 Å². The topological polar surface area (TPSA) is 38.1 Å². The molecule has 4 rings (SSSR count). The Balaban J connectivity index is 1.30. The van der Waals surface area contributed by atoms with Gasteiger partial charge in [0.25, 0.3) is 0 Å². The number of likely N-dealkylation sites (tertiary alicyclic amines) is 1. The molecule has 1 aliphatic heterocycles. The normalized spacial score (nSPS) is 17.8. The number of benzene rings is 1. The highest BCUT2D eigenvalue weighted by atomic mass is 16.2. The number of carbonyl (C=O) groups is 1. The van der Waals surface area contributed by atoms with Gasteiger partial charge in [0.2, 0.25) is 5.91 Å². The lowest BCUT2D eigenvalue weighted by molar-refractivity contribution is -0.135. The van der Waals surface area contributed by atoms with Gasteiger partial charge in [-0.15, -0.1) is 0 Å². The van der Waals surface area contributed by atoms with Crippen LogP contribution in [0.15, 0.2) is 36.5 Å². The molecule has 2 aliphatic rings. The summed E-state index contributed by atoms with van der Waals surface area (Å²) in [6, 6.07) is 10.2. The Bertz CT molecular complexity index is 712. The van der Waals surface area contributed by atoms with Crippen molar-refractivity contribution in [2.75, 3.05) is 13.1 Å². The molecule has 0 radical (unpaired) electrons. The van der Waals surface area contributed by atoms with E-state index in [1.54, 1.807) is 0 Å². The molecule has 126 valence electrons. The quantitative estimate of drug-likeness (QED) is 0.819. The molecular weight excluding hydrogens is 298 g/mol. The number of nitrogens with zero attached hydrogens (tertiary/aromatic N) is 3. The molecule has 0 atom stereocenters. The summed E-state index contributed by atoms with van der Waals surface area (Å²) in [4.78, 5) is 19.0. The van der Waals surface area contributed by atoms with Crippen LogP contribution in [0.4, 0.5) is 0 Å². The number of carbonyl (C=O) groups excluding carboxylic acids is 1. The second-order valence-electron chi connectivity index (χ2n) is 7.29. The number of aryl methyl sites for hydroxylation is 2. The summed E-state index contributed by atoms with van der Waals surface area (Å²) in [6.45, 7) is 4.91. The minimum atomic E-state index is 0.270. The first-order valence-corrected chi connectivity index (χ1v) is 9.04. The average Bonchev–Trinajstić information content (AvgIpc) is 3.31. The maximum Gasteiger partial charge on any atom is 0.222 e. The SMILES string of the molecule is Cc1cnc(C2CN(C(=O)CCc3ccccc3)C2)n1CC1CC1. The number of rotatable bonds is 6. The van der Waals surface area contributed by atoms with Gasteiger partial charge in [-0.25, -0.2) is 4.98 Å². The smallest absolute Gasteiger partial charge is 0.222 e. The van der Waals surface area contributed by atoms with E-state index in [0.29, 0.717) is 12.3 Å². The Morgan fingerprint density at radius 1 is 1.21 bits per heavy atom. The highest BCUT2D eigenvalue weighted by Crippen LogP contribution is 2.34. The van der Waals surface area contributed by atoms with E-state index < -0.39 is 0 Å². The van der Waals surface area contributed by atoms with E-state index in [0.717, 1.165) is 32.0 Å². The zero-order chi connectivity index (χ0) is 16.5. The van der Waals surface area contributed by atoms with Gasteiger partial charge in [0.05, 0.1) is 5.92 Å². The Kier molecular flexibility index (Phi) is 4.13. The third-order valence-corrected chi connectivity index (χ3v) is 5.29. The summed E-state index contributed by atoms with van der Waals surface area (Å²) in [5.74, 6) is 2.72. The van der Waals surface area contributed by atoms with E-state index in [1.807, 2.05) is 29.3 Å². The van der Waals surface area contributed by atoms with Crippen LogP contribution in [0, 0.1) is 12.8 Å². The first-order valence-electron chi connectivity index (χ1n) is 9.04. The van der Waals surface area contributed by atoms with Gasteiger partial charge in [-0.3, -0.25) is 4.79 Å². The molecule has 1 amide bonds. The van der Waals surface area contributed by atoms with Gasteiger partial charge >= 0.3 is 0 Å². The van der Waals surface area contributed by atoms with Crippen LogP contribution in [0.3, 0.4) is 0 Å². The monoisotopic (exact) mass is 323 g/mol. The lowest BCUT2D eigenvalue weighted by Crippen LogP contribution is -2.49. The first-order chi connectivity index (χ1) is 11.7. The summed E-state index contributed by atoms with van der Waals surface area (Å²) in [6.07, 6.45) is 6.12. The molecule has 2 fully saturated rings. The van der Waals surface area contributed by atoms with Crippen LogP contribution in [0.1, 0.15) is 42.3 Å². The molecule has 2 heterocycles. The third-order valence-electron chi connectivity index (χ3n) is 5.29. The van der Waals surface area contributed by atoms with Crippen LogP contribution >= 0.6 is 0 Å². The number of imidazole rings is 1. The van der Waals surface area contributed by atoms with Crippen molar-refractivity contribution in [2.45, 2.75) is 45.1 Å². The van der Waals surface area contributed by atoms with Gasteiger partial charge < -0.3 is 9.47 Å². The van der Waals surface area contributed by atoms with Gasteiger partial charge in [-0.2, -0.15) is 0 Å². The van der Waals surface area contributed by atoms with E-state index in [9.17, 15) is 4.79 Å². The van der Waals surface area contributed by atoms with Gasteiger partial charge in [-0.05, 0) is 37.7 Å². The van der Waals surface area contributed by atoms with Crippen molar-refractivity contribution in [3.63, 3.8) is 0 Å². The second-order valence-corrected chi connectivity index (χ2v) is 7.29. The summed E-state index contributed by atoms with van der Waals surface area (Å²) in [5, 5.41) is 0. The van der Waals surface area contributed by atoms with Crippen LogP contribution in [-0.4, -0.2) is 33.4 Å². The predicted molar refractivity (Wildman–Crippen MR) is 93.8 cm³/mol. The first kappa shape index (κ1) is 15.4. The zero-order valence-corrected chi connectivity index (χ0v) is 14.3. The maximum absolute atomic E-state index is 12.4. The average molecular weight is 323 g/mol. The van der Waals surface area contributed by atoms with E-state index in [2.05, 4.69) is 28.6 Å². The van der Waals surface area contributed by atoms with Crippen LogP contribution in [0.25, 0.3) is 0 Å². The van der Waals surface area contributed by atoms with Gasteiger partial charge in [-0.1, -0.05) is 30.3 Å². The Morgan fingerprint density at radius 3 is 2.67 bits per heavy atom. The van der Waals surface area contributed by atoms with Crippen molar-refractivity contribution in [2.24, 2.45) is 5.92 Å². The number of amides is 1. The van der Waals surface area contributed by atoms with Crippen molar-refractivity contribution in [1.82, 2.24) is 14.5 Å². The van der Waals surface area contributed by atoms with E-state index >= 15 is 0 Å². The molecule has 1 aliphatic carbocycles. The molecule has 24 heavy (non-hydrogen) atoms. The van der Waals surface area contributed by atoms with E-state index in [-0.39, 0.29) is 5.91 Å². The fraction of sp³-hybridized carbons (Fsp3) is 0.500. The lowest BCUT2D eigenvalue weighted by atomic mass is 9.97. The van der Waals surface area contributed by atoms with Crippen molar-refractivity contribution < 1.29 is 4.79 Å². The van der Waals surface area contributed by atoms with Crippen LogP contribution in [0.2, 0.25) is 0 Å². The molecule has 1 aromatic carbocycles. The molecule has 4 heteroatoms. The molecule has 4 nitrogen and oxygen atoms in total. The Morgan fingerprint density at radius 2 is 1.96 bits per heavy atom. The fourth-order valence-corrected chi connectivity index (χ4v) is 3.50. The predicted octanol–water partition coefficient (Wildman–Crippen LogP) is 3.16. The Hall–Kier alpha value is -2.10. The molecule has 1 aromatic heterocycles. The van der Waals surface area contributed by atoms with Crippen LogP contribution < -0.4 is 0 Å². The van der Waals surface area contributed by atoms with E-state index in [1.165, 1.54) is 29.9 Å². The molecule has 2 aromatic rings. The Labute approximate surface area is 143 Å². The molecular formula is C20H25N3O. The molecule has 1 saturated carbocycles. The second kappa shape index (κ2) is 6.42. The zero-order valence-electron chi connectivity index (χ0n) is 14.3. The summed E-state index contributed by atoms with van der Waals surface area (Å²) in [5.41, 5.74) is 2.49. The van der Waals surface area contributed by atoms with Crippen molar-refractivity contribution in [1.29, 1.82) is 0 Å². The number of hydrogen-bond donors (Lipinski definition) is 0. The minimum Gasteiger partial charge on any atom is -0.341 e. The van der Waals surface area contributed by atoms with Crippen molar-refractivity contribution >= 4 is 5.91 Å². The molecule has 0 bridgehead atoms. The standard InChI is InChI=1S/C20H25N3O/c1-15-11-21-20(23(15)12-17-7-8-17)18-13-22(14-18)19(24)10-9-16-5-3-2-4-6-16/h2-6,11,17-18H,7-10,12-14H2,1H3. The molecule has 0 spiro atoms. The molecule has 0 unspecified atom stereocenters. The highest BCUT2D eigenvalue weighted by Gasteiger charge is 2.35.